The normalized spacial score (nSPS) is 13.8. The third kappa shape index (κ3) is 5.49. The van der Waals surface area contributed by atoms with Crippen molar-refractivity contribution in [3.63, 3.8) is 0 Å². The molecule has 0 atom stereocenters. The van der Waals surface area contributed by atoms with Gasteiger partial charge >= 0.3 is 0 Å². The first kappa shape index (κ1) is 21.0. The summed E-state index contributed by atoms with van der Waals surface area (Å²) in [5, 5.41) is 3.62. The van der Waals surface area contributed by atoms with Gasteiger partial charge in [0.25, 0.3) is 0 Å². The van der Waals surface area contributed by atoms with Crippen molar-refractivity contribution in [3.8, 4) is 5.75 Å². The first-order valence-electron chi connectivity index (χ1n) is 10.1. The number of hydrogen-bond donors (Lipinski definition) is 1. The number of nitrogens with zero attached hydrogens (tertiary/aromatic N) is 4. The highest BCUT2D eigenvalue weighted by molar-refractivity contribution is 7.99. The Morgan fingerprint density at radius 3 is 2.71 bits per heavy atom. The van der Waals surface area contributed by atoms with E-state index in [-0.39, 0.29) is 5.91 Å². The van der Waals surface area contributed by atoms with Crippen molar-refractivity contribution in [1.29, 1.82) is 0 Å². The molecule has 1 fully saturated rings. The molecule has 1 saturated heterocycles. The second kappa shape index (κ2) is 10.2. The number of thioether (sulfide) groups is 1. The van der Waals surface area contributed by atoms with Gasteiger partial charge in [0.2, 0.25) is 5.91 Å². The topological polar surface area (TPSA) is 83.7 Å². The average molecular weight is 440 g/mol. The molecule has 1 N–H and O–H groups in total. The van der Waals surface area contributed by atoms with E-state index in [0.29, 0.717) is 12.3 Å². The summed E-state index contributed by atoms with van der Waals surface area (Å²) < 4.78 is 10.7. The fourth-order valence-corrected chi connectivity index (χ4v) is 4.13. The molecule has 1 amide bonds. The maximum atomic E-state index is 12.1. The number of nitrogens with one attached hydrogen (secondary N) is 1. The number of aromatic nitrogens is 2. The Bertz CT molecular complexity index is 990. The van der Waals surface area contributed by atoms with Crippen molar-refractivity contribution < 1.29 is 13.9 Å². The Balaban J connectivity index is 1.29. The highest BCUT2D eigenvalue weighted by Crippen LogP contribution is 2.29. The van der Waals surface area contributed by atoms with Gasteiger partial charge < -0.3 is 24.3 Å². The lowest BCUT2D eigenvalue weighted by Crippen LogP contribution is -2.47. The molecule has 1 aliphatic heterocycles. The van der Waals surface area contributed by atoms with Crippen LogP contribution in [0.2, 0.25) is 0 Å². The number of furan rings is 1. The van der Waals surface area contributed by atoms with Gasteiger partial charge in [-0.15, -0.1) is 0 Å². The van der Waals surface area contributed by atoms with Crippen LogP contribution < -0.4 is 19.9 Å². The number of carbonyl (C=O) groups is 1. The molecule has 3 heterocycles. The highest BCUT2D eigenvalue weighted by Gasteiger charge is 2.21. The summed E-state index contributed by atoms with van der Waals surface area (Å²) in [6.45, 7) is 3.84. The molecule has 162 valence electrons. The van der Waals surface area contributed by atoms with E-state index in [4.69, 9.17) is 9.15 Å². The molecule has 2 aromatic heterocycles. The highest BCUT2D eigenvalue weighted by atomic mass is 32.2. The van der Waals surface area contributed by atoms with Crippen LogP contribution in [0.3, 0.4) is 0 Å². The van der Waals surface area contributed by atoms with Crippen molar-refractivity contribution >= 4 is 29.2 Å². The Hall–Kier alpha value is -3.20. The van der Waals surface area contributed by atoms with E-state index in [1.165, 1.54) is 11.8 Å². The molecule has 0 radical (unpaired) electrons. The van der Waals surface area contributed by atoms with Gasteiger partial charge in [-0.25, -0.2) is 9.97 Å². The van der Waals surface area contributed by atoms with Crippen LogP contribution in [-0.4, -0.2) is 54.9 Å². The van der Waals surface area contributed by atoms with Crippen LogP contribution in [0.5, 0.6) is 5.75 Å². The Labute approximate surface area is 185 Å². The van der Waals surface area contributed by atoms with Crippen LogP contribution in [0.1, 0.15) is 5.76 Å². The van der Waals surface area contributed by atoms with Crippen LogP contribution in [0.15, 0.2) is 64.5 Å². The molecule has 4 rings (SSSR count). The van der Waals surface area contributed by atoms with Crippen LogP contribution in [0, 0.1) is 0 Å². The van der Waals surface area contributed by atoms with Gasteiger partial charge in [-0.1, -0.05) is 23.9 Å². The number of benzene rings is 1. The molecule has 0 unspecified atom stereocenters. The zero-order chi connectivity index (χ0) is 21.5. The zero-order valence-corrected chi connectivity index (χ0v) is 18.2. The van der Waals surface area contributed by atoms with Gasteiger partial charge in [-0.05, 0) is 24.3 Å². The fraction of sp³-hybridized carbons (Fsp3) is 0.318. The molecule has 31 heavy (non-hydrogen) atoms. The lowest BCUT2D eigenvalue weighted by molar-refractivity contribution is -0.118. The Kier molecular flexibility index (Phi) is 6.93. The summed E-state index contributed by atoms with van der Waals surface area (Å²) in [5.41, 5.74) is 1.11. The third-order valence-electron chi connectivity index (χ3n) is 5.05. The Morgan fingerprint density at radius 1 is 1.13 bits per heavy atom. The SMILES string of the molecule is COc1ccccc1N1CCN(c2cc(SCC(=O)NCc3ccco3)ncn2)CC1. The number of rotatable bonds is 8. The summed E-state index contributed by atoms with van der Waals surface area (Å²) >= 11 is 1.40. The van der Waals surface area contributed by atoms with E-state index in [2.05, 4.69) is 31.2 Å². The standard InChI is InChI=1S/C22H25N5O3S/c1-29-19-7-3-2-6-18(19)26-8-10-27(11-9-26)20-13-22(25-16-24-20)31-15-21(28)23-14-17-5-4-12-30-17/h2-7,12-13,16H,8-11,14-15H2,1H3,(H,23,28). The van der Waals surface area contributed by atoms with Crippen LogP contribution in [0.25, 0.3) is 0 Å². The predicted octanol–water partition coefficient (Wildman–Crippen LogP) is 2.81. The minimum absolute atomic E-state index is 0.0630. The number of amides is 1. The molecule has 1 aromatic carbocycles. The molecule has 0 spiro atoms. The predicted molar refractivity (Wildman–Crippen MR) is 121 cm³/mol. The number of hydrogen-bond acceptors (Lipinski definition) is 8. The monoisotopic (exact) mass is 439 g/mol. The average Bonchev–Trinajstić information content (AvgIpc) is 3.35. The van der Waals surface area contributed by atoms with Gasteiger partial charge in [0.05, 0.1) is 31.4 Å². The first-order chi connectivity index (χ1) is 15.2. The Morgan fingerprint density at radius 2 is 1.94 bits per heavy atom. The van der Waals surface area contributed by atoms with E-state index in [0.717, 1.165) is 54.2 Å². The maximum Gasteiger partial charge on any atom is 0.230 e. The molecule has 9 heteroatoms. The maximum absolute atomic E-state index is 12.1. The molecular formula is C22H25N5O3S. The van der Waals surface area contributed by atoms with Crippen molar-refractivity contribution in [2.75, 3.05) is 48.8 Å². The number of anilines is 2. The van der Waals surface area contributed by atoms with Crippen molar-refractivity contribution in [2.45, 2.75) is 11.6 Å². The largest absolute Gasteiger partial charge is 0.495 e. The second-order valence-corrected chi connectivity index (χ2v) is 8.00. The second-order valence-electron chi connectivity index (χ2n) is 7.01. The van der Waals surface area contributed by atoms with Crippen molar-refractivity contribution in [2.24, 2.45) is 0 Å². The molecule has 1 aliphatic rings. The number of piperazine rings is 1. The van der Waals surface area contributed by atoms with Gasteiger partial charge in [0, 0.05) is 32.2 Å². The summed E-state index contributed by atoms with van der Waals surface area (Å²) in [4.78, 5) is 25.4. The lowest BCUT2D eigenvalue weighted by atomic mass is 10.2. The van der Waals surface area contributed by atoms with Crippen molar-refractivity contribution in [1.82, 2.24) is 15.3 Å². The van der Waals surface area contributed by atoms with E-state index >= 15 is 0 Å². The lowest BCUT2D eigenvalue weighted by Gasteiger charge is -2.37. The first-order valence-corrected chi connectivity index (χ1v) is 11.1. The van der Waals surface area contributed by atoms with Gasteiger partial charge in [-0.3, -0.25) is 4.79 Å². The van der Waals surface area contributed by atoms with Crippen LogP contribution in [0.4, 0.5) is 11.5 Å². The van der Waals surface area contributed by atoms with E-state index < -0.39 is 0 Å². The van der Waals surface area contributed by atoms with Crippen molar-refractivity contribution in [3.05, 3.63) is 60.8 Å². The number of carbonyl (C=O) groups excluding carboxylic acids is 1. The molecule has 0 saturated carbocycles. The fourth-order valence-electron chi connectivity index (χ4n) is 3.44. The summed E-state index contributed by atoms with van der Waals surface area (Å²) in [7, 11) is 1.70. The van der Waals surface area contributed by atoms with E-state index in [9.17, 15) is 4.79 Å². The summed E-state index contributed by atoms with van der Waals surface area (Å²) in [6, 6.07) is 13.7. The third-order valence-corrected chi connectivity index (χ3v) is 5.97. The van der Waals surface area contributed by atoms with E-state index in [1.807, 2.05) is 30.3 Å². The quantitative estimate of drug-likeness (QED) is 0.424. The molecule has 0 bridgehead atoms. The molecule has 3 aromatic rings. The van der Waals surface area contributed by atoms with E-state index in [1.54, 1.807) is 25.8 Å². The minimum atomic E-state index is -0.0630. The minimum Gasteiger partial charge on any atom is -0.495 e. The molecule has 0 aliphatic carbocycles. The summed E-state index contributed by atoms with van der Waals surface area (Å²) in [5.74, 6) is 2.73. The van der Waals surface area contributed by atoms with Crippen LogP contribution >= 0.6 is 11.8 Å². The number of methoxy groups -OCH3 is 1. The van der Waals surface area contributed by atoms with Gasteiger partial charge in [0.15, 0.2) is 0 Å². The number of ether oxygens (including phenoxy) is 1. The zero-order valence-electron chi connectivity index (χ0n) is 17.4. The molecular weight excluding hydrogens is 414 g/mol. The summed E-state index contributed by atoms with van der Waals surface area (Å²) in [6.07, 6.45) is 3.15. The van der Waals surface area contributed by atoms with Gasteiger partial charge in [0.1, 0.15) is 28.7 Å². The van der Waals surface area contributed by atoms with Gasteiger partial charge in [-0.2, -0.15) is 0 Å². The van der Waals surface area contributed by atoms with Crippen LogP contribution in [-0.2, 0) is 11.3 Å². The smallest absolute Gasteiger partial charge is 0.230 e. The number of para-hydroxylation sites is 2. The molecule has 8 nitrogen and oxygen atoms in total.